The van der Waals surface area contributed by atoms with Crippen LogP contribution in [0.4, 0.5) is 4.39 Å². The molecule has 0 atom stereocenters. The van der Waals surface area contributed by atoms with E-state index < -0.39 is 5.97 Å². The number of hydrogen-bond donors (Lipinski definition) is 1. The van der Waals surface area contributed by atoms with E-state index in [1.807, 2.05) is 30.3 Å². The number of hydrogen-bond acceptors (Lipinski definition) is 2. The van der Waals surface area contributed by atoms with Crippen LogP contribution in [0.15, 0.2) is 54.6 Å². The summed E-state index contributed by atoms with van der Waals surface area (Å²) >= 11 is 0. The van der Waals surface area contributed by atoms with E-state index in [0.29, 0.717) is 32.4 Å². The molecular formula is C20H22FNO3. The standard InChI is InChI=1S/C20H22FNO3/c21-18-11-8-16(9-12-18)10-13-19(23)22(14-4-7-20(24)25)15-17-5-2-1-3-6-17/h1-3,5-6,8-9,11-12H,4,7,10,13-15H2,(H,24,25). The molecule has 1 N–H and O–H groups in total. The molecule has 25 heavy (non-hydrogen) atoms. The fraction of sp³-hybridized carbons (Fsp3) is 0.300. The van der Waals surface area contributed by atoms with Crippen LogP contribution in [0.5, 0.6) is 0 Å². The summed E-state index contributed by atoms with van der Waals surface area (Å²) in [4.78, 5) is 25.0. The van der Waals surface area contributed by atoms with Gasteiger partial charge in [-0.05, 0) is 36.1 Å². The number of carboxylic acids is 1. The molecule has 0 saturated carbocycles. The Morgan fingerprint density at radius 3 is 2.24 bits per heavy atom. The molecule has 0 heterocycles. The number of nitrogens with zero attached hydrogens (tertiary/aromatic N) is 1. The number of benzene rings is 2. The summed E-state index contributed by atoms with van der Waals surface area (Å²) in [6.45, 7) is 0.867. The van der Waals surface area contributed by atoms with Crippen LogP contribution in [0.3, 0.4) is 0 Å². The molecule has 0 aromatic heterocycles. The average molecular weight is 343 g/mol. The van der Waals surface area contributed by atoms with Crippen molar-refractivity contribution < 1.29 is 19.1 Å². The average Bonchev–Trinajstić information content (AvgIpc) is 2.61. The van der Waals surface area contributed by atoms with Crippen LogP contribution >= 0.6 is 0 Å². The summed E-state index contributed by atoms with van der Waals surface area (Å²) in [5.74, 6) is -1.19. The molecule has 0 fully saturated rings. The van der Waals surface area contributed by atoms with E-state index in [0.717, 1.165) is 11.1 Å². The summed E-state index contributed by atoms with van der Waals surface area (Å²) in [6, 6.07) is 15.7. The minimum atomic E-state index is -0.863. The van der Waals surface area contributed by atoms with E-state index in [2.05, 4.69) is 0 Å². The first-order valence-corrected chi connectivity index (χ1v) is 8.32. The molecule has 0 unspecified atom stereocenters. The lowest BCUT2D eigenvalue weighted by Gasteiger charge is -2.23. The van der Waals surface area contributed by atoms with E-state index in [1.165, 1.54) is 12.1 Å². The van der Waals surface area contributed by atoms with Gasteiger partial charge in [-0.1, -0.05) is 42.5 Å². The Bertz CT molecular complexity index is 686. The van der Waals surface area contributed by atoms with Gasteiger partial charge in [-0.15, -0.1) is 0 Å². The zero-order chi connectivity index (χ0) is 18.1. The van der Waals surface area contributed by atoms with Gasteiger partial charge in [0, 0.05) is 25.9 Å². The van der Waals surface area contributed by atoms with Gasteiger partial charge in [0.15, 0.2) is 0 Å². The fourth-order valence-electron chi connectivity index (χ4n) is 2.58. The third kappa shape index (κ3) is 6.75. The Balaban J connectivity index is 1.95. The third-order valence-corrected chi connectivity index (χ3v) is 3.93. The van der Waals surface area contributed by atoms with Crippen molar-refractivity contribution in [2.75, 3.05) is 6.54 Å². The number of halogens is 1. The van der Waals surface area contributed by atoms with Crippen molar-refractivity contribution >= 4 is 11.9 Å². The van der Waals surface area contributed by atoms with Crippen molar-refractivity contribution in [2.24, 2.45) is 0 Å². The van der Waals surface area contributed by atoms with Crippen LogP contribution in [-0.4, -0.2) is 28.4 Å². The highest BCUT2D eigenvalue weighted by Gasteiger charge is 2.14. The van der Waals surface area contributed by atoms with Gasteiger partial charge in [0.05, 0.1) is 0 Å². The van der Waals surface area contributed by atoms with Crippen molar-refractivity contribution in [1.29, 1.82) is 0 Å². The maximum Gasteiger partial charge on any atom is 0.303 e. The number of amides is 1. The molecule has 132 valence electrons. The van der Waals surface area contributed by atoms with Gasteiger partial charge in [0.1, 0.15) is 5.82 Å². The minimum Gasteiger partial charge on any atom is -0.481 e. The number of carbonyl (C=O) groups excluding carboxylic acids is 1. The molecule has 5 heteroatoms. The van der Waals surface area contributed by atoms with E-state index in [1.54, 1.807) is 17.0 Å². The second-order valence-electron chi connectivity index (χ2n) is 5.92. The van der Waals surface area contributed by atoms with Gasteiger partial charge in [0.2, 0.25) is 5.91 Å². The Morgan fingerprint density at radius 2 is 1.60 bits per heavy atom. The first kappa shape index (κ1) is 18.6. The van der Waals surface area contributed by atoms with E-state index >= 15 is 0 Å². The van der Waals surface area contributed by atoms with Gasteiger partial charge in [-0.3, -0.25) is 9.59 Å². The largest absolute Gasteiger partial charge is 0.481 e. The molecule has 0 aliphatic carbocycles. The highest BCUT2D eigenvalue weighted by atomic mass is 19.1. The smallest absolute Gasteiger partial charge is 0.303 e. The van der Waals surface area contributed by atoms with Crippen molar-refractivity contribution in [3.05, 3.63) is 71.5 Å². The van der Waals surface area contributed by atoms with Crippen molar-refractivity contribution in [1.82, 2.24) is 4.90 Å². The van der Waals surface area contributed by atoms with Crippen LogP contribution < -0.4 is 0 Å². The van der Waals surface area contributed by atoms with Crippen LogP contribution in [0.1, 0.15) is 30.4 Å². The maximum atomic E-state index is 12.9. The quantitative estimate of drug-likeness (QED) is 0.756. The number of aliphatic carboxylic acids is 1. The van der Waals surface area contributed by atoms with Crippen molar-refractivity contribution in [3.8, 4) is 0 Å². The summed E-state index contributed by atoms with van der Waals surface area (Å²) in [5.41, 5.74) is 1.91. The predicted molar refractivity (Wildman–Crippen MR) is 93.4 cm³/mol. The van der Waals surface area contributed by atoms with Crippen molar-refractivity contribution in [3.63, 3.8) is 0 Å². The van der Waals surface area contributed by atoms with Gasteiger partial charge in [0.25, 0.3) is 0 Å². The van der Waals surface area contributed by atoms with Gasteiger partial charge in [-0.2, -0.15) is 0 Å². The lowest BCUT2D eigenvalue weighted by molar-refractivity contribution is -0.138. The summed E-state index contributed by atoms with van der Waals surface area (Å²) in [6.07, 6.45) is 1.30. The van der Waals surface area contributed by atoms with Gasteiger partial charge >= 0.3 is 5.97 Å². The number of rotatable bonds is 9. The third-order valence-electron chi connectivity index (χ3n) is 3.93. The Kier molecular flexibility index (Phi) is 7.14. The summed E-state index contributed by atoms with van der Waals surface area (Å²) < 4.78 is 12.9. The van der Waals surface area contributed by atoms with E-state index in [9.17, 15) is 14.0 Å². The van der Waals surface area contributed by atoms with Crippen LogP contribution in [-0.2, 0) is 22.6 Å². The molecule has 2 aromatic rings. The van der Waals surface area contributed by atoms with Crippen LogP contribution in [0, 0.1) is 5.82 Å². The molecule has 0 spiro atoms. The highest BCUT2D eigenvalue weighted by Crippen LogP contribution is 2.11. The van der Waals surface area contributed by atoms with Gasteiger partial charge in [-0.25, -0.2) is 4.39 Å². The summed E-state index contributed by atoms with van der Waals surface area (Å²) in [5, 5.41) is 8.80. The Hall–Kier alpha value is -2.69. The molecule has 0 bridgehead atoms. The second-order valence-corrected chi connectivity index (χ2v) is 5.92. The topological polar surface area (TPSA) is 57.6 Å². The Labute approximate surface area is 146 Å². The highest BCUT2D eigenvalue weighted by molar-refractivity contribution is 5.76. The lowest BCUT2D eigenvalue weighted by atomic mass is 10.1. The lowest BCUT2D eigenvalue weighted by Crippen LogP contribution is -2.32. The fourth-order valence-corrected chi connectivity index (χ4v) is 2.58. The Morgan fingerprint density at radius 1 is 0.920 bits per heavy atom. The zero-order valence-electron chi connectivity index (χ0n) is 14.0. The molecule has 2 aromatic carbocycles. The minimum absolute atomic E-state index is 0.0291. The van der Waals surface area contributed by atoms with Crippen LogP contribution in [0.2, 0.25) is 0 Å². The zero-order valence-corrected chi connectivity index (χ0v) is 14.0. The molecular weight excluding hydrogens is 321 g/mol. The first-order valence-electron chi connectivity index (χ1n) is 8.32. The molecule has 0 aliphatic heterocycles. The molecule has 2 rings (SSSR count). The van der Waals surface area contributed by atoms with Gasteiger partial charge < -0.3 is 10.0 Å². The second kappa shape index (κ2) is 9.57. The normalized spacial score (nSPS) is 10.4. The van der Waals surface area contributed by atoms with Crippen LogP contribution in [0.25, 0.3) is 0 Å². The SMILES string of the molecule is O=C(O)CCCN(Cc1ccccc1)C(=O)CCc1ccc(F)cc1. The monoisotopic (exact) mass is 343 g/mol. The first-order chi connectivity index (χ1) is 12.0. The molecule has 4 nitrogen and oxygen atoms in total. The van der Waals surface area contributed by atoms with E-state index in [-0.39, 0.29) is 18.1 Å². The number of carbonyl (C=O) groups is 2. The molecule has 0 radical (unpaired) electrons. The molecule has 0 saturated heterocycles. The predicted octanol–water partition coefficient (Wildman–Crippen LogP) is 3.65. The van der Waals surface area contributed by atoms with E-state index in [4.69, 9.17) is 5.11 Å². The molecule has 0 aliphatic rings. The summed E-state index contributed by atoms with van der Waals surface area (Å²) in [7, 11) is 0. The maximum absolute atomic E-state index is 12.9. The number of aryl methyl sites for hydroxylation is 1. The number of carboxylic acid groups (broad SMARTS) is 1. The molecule has 1 amide bonds. The van der Waals surface area contributed by atoms with Crippen molar-refractivity contribution in [2.45, 2.75) is 32.2 Å².